The van der Waals surface area contributed by atoms with Crippen molar-refractivity contribution in [2.24, 2.45) is 5.10 Å². The van der Waals surface area contributed by atoms with E-state index in [9.17, 15) is 9.18 Å². The van der Waals surface area contributed by atoms with E-state index in [1.807, 2.05) is 6.92 Å². The number of rotatable bonds is 7. The normalized spacial score (nSPS) is 11.0. The van der Waals surface area contributed by atoms with E-state index in [0.717, 1.165) is 5.01 Å². The number of hydrazone groups is 1. The Balaban J connectivity index is 1.67. The van der Waals surface area contributed by atoms with E-state index in [0.29, 0.717) is 32.7 Å². The predicted octanol–water partition coefficient (Wildman–Crippen LogP) is 4.90. The molecule has 0 atom stereocenters. The molecule has 0 saturated carbocycles. The van der Waals surface area contributed by atoms with Crippen LogP contribution in [0.3, 0.4) is 0 Å². The second-order valence-electron chi connectivity index (χ2n) is 6.25. The third-order valence-corrected chi connectivity index (χ3v) is 5.54. The molecule has 0 aliphatic heterocycles. The summed E-state index contributed by atoms with van der Waals surface area (Å²) in [5.41, 5.74) is 4.10. The summed E-state index contributed by atoms with van der Waals surface area (Å²) in [4.78, 5) is 16.9. The Morgan fingerprint density at radius 3 is 2.77 bits per heavy atom. The summed E-state index contributed by atoms with van der Waals surface area (Å²) in [6.07, 6.45) is 1.49. The van der Waals surface area contributed by atoms with Crippen LogP contribution in [0.2, 0.25) is 5.02 Å². The summed E-state index contributed by atoms with van der Waals surface area (Å²) in [5.74, 6) is 0.107. The van der Waals surface area contributed by atoms with Gasteiger partial charge >= 0.3 is 0 Å². The maximum absolute atomic E-state index is 13.9. The fraction of sp³-hybridized carbons (Fsp3) is 0.190. The van der Waals surface area contributed by atoms with Gasteiger partial charge in [0, 0.05) is 5.56 Å². The van der Waals surface area contributed by atoms with E-state index in [1.165, 1.54) is 36.8 Å². The smallest absolute Gasteiger partial charge is 0.283 e. The number of aromatic nitrogens is 1. The molecule has 6 nitrogen and oxygen atoms in total. The van der Waals surface area contributed by atoms with Crippen LogP contribution in [0, 0.1) is 19.7 Å². The molecule has 1 aromatic heterocycles. The molecule has 0 bridgehead atoms. The van der Waals surface area contributed by atoms with Crippen molar-refractivity contribution >= 4 is 35.1 Å². The molecule has 0 radical (unpaired) electrons. The van der Waals surface area contributed by atoms with Gasteiger partial charge in [-0.2, -0.15) is 5.10 Å². The van der Waals surface area contributed by atoms with Gasteiger partial charge in [-0.25, -0.2) is 14.8 Å². The van der Waals surface area contributed by atoms with Crippen LogP contribution in [0.1, 0.15) is 31.5 Å². The predicted molar refractivity (Wildman–Crippen MR) is 115 cm³/mol. The van der Waals surface area contributed by atoms with Crippen LogP contribution < -0.4 is 14.9 Å². The summed E-state index contributed by atoms with van der Waals surface area (Å²) >= 11 is 7.34. The van der Waals surface area contributed by atoms with Crippen molar-refractivity contribution in [2.45, 2.75) is 20.5 Å². The van der Waals surface area contributed by atoms with Gasteiger partial charge in [0.05, 0.1) is 29.0 Å². The lowest BCUT2D eigenvalue weighted by Crippen LogP contribution is -2.17. The standard InChI is InChI=1S/C21H19ClFN3O3S/c1-12-20(30-13(2)25-12)21(27)26-24-10-14-7-8-18(19(9-14)28-3)29-11-15-16(22)5-4-6-17(15)23/h4-10H,11H2,1-3H3,(H,26,27)/b24-10+. The van der Waals surface area contributed by atoms with Crippen LogP contribution in [-0.2, 0) is 6.61 Å². The molecule has 0 spiro atoms. The van der Waals surface area contributed by atoms with Crippen LogP contribution >= 0.6 is 22.9 Å². The van der Waals surface area contributed by atoms with Crippen molar-refractivity contribution in [1.82, 2.24) is 10.4 Å². The lowest BCUT2D eigenvalue weighted by molar-refractivity contribution is 0.0958. The van der Waals surface area contributed by atoms with Crippen LogP contribution in [-0.4, -0.2) is 24.2 Å². The number of hydrogen-bond acceptors (Lipinski definition) is 6. The van der Waals surface area contributed by atoms with Crippen molar-refractivity contribution in [3.63, 3.8) is 0 Å². The minimum absolute atomic E-state index is 0.0427. The highest BCUT2D eigenvalue weighted by Gasteiger charge is 2.13. The van der Waals surface area contributed by atoms with Gasteiger partial charge in [-0.15, -0.1) is 11.3 Å². The molecule has 0 unspecified atom stereocenters. The van der Waals surface area contributed by atoms with E-state index in [1.54, 1.807) is 31.2 Å². The number of carbonyl (C=O) groups excluding carboxylic acids is 1. The van der Waals surface area contributed by atoms with E-state index in [2.05, 4.69) is 15.5 Å². The second-order valence-corrected chi connectivity index (χ2v) is 7.86. The first kappa shape index (κ1) is 21.7. The number of thiazole rings is 1. The third kappa shape index (κ3) is 5.14. The number of ether oxygens (including phenoxy) is 2. The summed E-state index contributed by atoms with van der Waals surface area (Å²) in [7, 11) is 1.50. The highest BCUT2D eigenvalue weighted by atomic mass is 35.5. The van der Waals surface area contributed by atoms with Gasteiger partial charge in [0.1, 0.15) is 17.3 Å². The Bertz CT molecular complexity index is 1080. The molecule has 0 aliphatic rings. The number of halogens is 2. The lowest BCUT2D eigenvalue weighted by Gasteiger charge is -2.12. The molecule has 1 heterocycles. The molecular formula is C21H19ClFN3O3S. The number of benzene rings is 2. The summed E-state index contributed by atoms with van der Waals surface area (Å²) < 4.78 is 24.9. The first-order valence-corrected chi connectivity index (χ1v) is 10.1. The van der Waals surface area contributed by atoms with Gasteiger partial charge in [0.25, 0.3) is 5.91 Å². The first-order valence-electron chi connectivity index (χ1n) is 8.90. The van der Waals surface area contributed by atoms with Gasteiger partial charge < -0.3 is 9.47 Å². The molecule has 3 aromatic rings. The number of hydrogen-bond donors (Lipinski definition) is 1. The maximum atomic E-state index is 13.9. The zero-order valence-electron chi connectivity index (χ0n) is 16.5. The Morgan fingerprint density at radius 1 is 1.30 bits per heavy atom. The molecule has 0 aliphatic carbocycles. The lowest BCUT2D eigenvalue weighted by atomic mass is 10.2. The minimum atomic E-state index is -0.438. The average molecular weight is 448 g/mol. The Morgan fingerprint density at radius 2 is 2.10 bits per heavy atom. The van der Waals surface area contributed by atoms with Crippen molar-refractivity contribution in [3.8, 4) is 11.5 Å². The summed E-state index contributed by atoms with van der Waals surface area (Å²) in [6.45, 7) is 3.58. The molecule has 1 N–H and O–H groups in total. The van der Waals surface area contributed by atoms with Gasteiger partial charge in [-0.1, -0.05) is 17.7 Å². The van der Waals surface area contributed by atoms with E-state index in [4.69, 9.17) is 21.1 Å². The first-order chi connectivity index (χ1) is 14.4. The SMILES string of the molecule is COc1cc(/C=N/NC(=O)c2sc(C)nc2C)ccc1OCc1c(F)cccc1Cl. The fourth-order valence-electron chi connectivity index (χ4n) is 2.66. The van der Waals surface area contributed by atoms with Gasteiger partial charge in [0.15, 0.2) is 11.5 Å². The molecule has 9 heteroatoms. The zero-order chi connectivity index (χ0) is 21.7. The largest absolute Gasteiger partial charge is 0.493 e. The third-order valence-electron chi connectivity index (χ3n) is 4.11. The van der Waals surface area contributed by atoms with E-state index < -0.39 is 5.82 Å². The van der Waals surface area contributed by atoms with Crippen LogP contribution in [0.25, 0.3) is 0 Å². The van der Waals surface area contributed by atoms with Gasteiger partial charge in [-0.3, -0.25) is 4.79 Å². The average Bonchev–Trinajstić information content (AvgIpc) is 3.06. The zero-order valence-corrected chi connectivity index (χ0v) is 18.1. The monoisotopic (exact) mass is 447 g/mol. The highest BCUT2D eigenvalue weighted by molar-refractivity contribution is 7.13. The van der Waals surface area contributed by atoms with Crippen LogP contribution in [0.5, 0.6) is 11.5 Å². The van der Waals surface area contributed by atoms with Crippen molar-refractivity contribution in [2.75, 3.05) is 7.11 Å². The minimum Gasteiger partial charge on any atom is -0.493 e. The number of nitrogens with one attached hydrogen (secondary N) is 1. The number of aryl methyl sites for hydroxylation is 2. The number of nitrogens with zero attached hydrogens (tertiary/aromatic N) is 2. The number of carbonyl (C=O) groups is 1. The Labute approximate surface area is 182 Å². The second kappa shape index (κ2) is 9.69. The van der Waals surface area contributed by atoms with Crippen molar-refractivity contribution in [3.05, 3.63) is 73.9 Å². The van der Waals surface area contributed by atoms with Gasteiger partial charge in [-0.05, 0) is 49.7 Å². The number of methoxy groups -OCH3 is 1. The van der Waals surface area contributed by atoms with E-state index in [-0.39, 0.29) is 18.1 Å². The Kier molecular flexibility index (Phi) is 7.02. The molecular weight excluding hydrogens is 429 g/mol. The van der Waals surface area contributed by atoms with Crippen molar-refractivity contribution < 1.29 is 18.7 Å². The highest BCUT2D eigenvalue weighted by Crippen LogP contribution is 2.29. The summed E-state index contributed by atoms with van der Waals surface area (Å²) in [5, 5.41) is 5.09. The quantitative estimate of drug-likeness (QED) is 0.413. The molecule has 30 heavy (non-hydrogen) atoms. The Hall–Kier alpha value is -2.97. The maximum Gasteiger partial charge on any atom is 0.283 e. The molecule has 156 valence electrons. The molecule has 1 amide bonds. The van der Waals surface area contributed by atoms with Crippen LogP contribution in [0.4, 0.5) is 4.39 Å². The molecule has 0 fully saturated rings. The topological polar surface area (TPSA) is 72.8 Å². The van der Waals surface area contributed by atoms with Gasteiger partial charge in [0.2, 0.25) is 0 Å². The number of amides is 1. The van der Waals surface area contributed by atoms with Crippen LogP contribution in [0.15, 0.2) is 41.5 Å². The fourth-order valence-corrected chi connectivity index (χ4v) is 3.69. The summed E-state index contributed by atoms with van der Waals surface area (Å²) in [6, 6.07) is 9.56. The molecule has 0 saturated heterocycles. The van der Waals surface area contributed by atoms with Crippen molar-refractivity contribution in [1.29, 1.82) is 0 Å². The van der Waals surface area contributed by atoms with E-state index >= 15 is 0 Å². The molecule has 3 rings (SSSR count). The molecule has 2 aromatic carbocycles.